The van der Waals surface area contributed by atoms with Gasteiger partial charge < -0.3 is 20.9 Å². The molecule has 4 rings (SSSR count). The fourth-order valence-electron chi connectivity index (χ4n) is 4.63. The summed E-state index contributed by atoms with van der Waals surface area (Å²) in [6.45, 7) is 2.73. The molecule has 3 amide bonds. The Bertz CT molecular complexity index is 1200. The number of hydrogen-bond acceptors (Lipinski definition) is 4. The highest BCUT2D eigenvalue weighted by atomic mass is 35.5. The molecular weight excluding hydrogens is 504 g/mol. The lowest BCUT2D eigenvalue weighted by atomic mass is 9.74. The minimum absolute atomic E-state index is 0.294. The van der Waals surface area contributed by atoms with Gasteiger partial charge in [0, 0.05) is 12.7 Å². The first kappa shape index (κ1) is 26.0. The highest BCUT2D eigenvalue weighted by Gasteiger charge is 2.36. The molecule has 10 heteroatoms. The van der Waals surface area contributed by atoms with E-state index in [-0.39, 0.29) is 11.7 Å². The highest BCUT2D eigenvalue weighted by molar-refractivity contribution is 6.42. The Morgan fingerprint density at radius 3 is 2.56 bits per heavy atom. The first-order chi connectivity index (χ1) is 17.3. The van der Waals surface area contributed by atoms with Gasteiger partial charge in [-0.05, 0) is 74.3 Å². The predicted octanol–water partition coefficient (Wildman–Crippen LogP) is 4.43. The molecule has 0 bridgehead atoms. The molecule has 0 aromatic heterocycles. The second-order valence-electron chi connectivity index (χ2n) is 8.98. The lowest BCUT2D eigenvalue weighted by molar-refractivity contribution is -0.117. The van der Waals surface area contributed by atoms with E-state index in [4.69, 9.17) is 23.2 Å². The molecular formula is C26H26Cl2FN5O2. The van der Waals surface area contributed by atoms with Crippen LogP contribution in [-0.2, 0) is 10.2 Å². The van der Waals surface area contributed by atoms with Crippen molar-refractivity contribution in [3.8, 4) is 6.07 Å². The van der Waals surface area contributed by atoms with Crippen molar-refractivity contribution in [3.05, 3.63) is 81.2 Å². The van der Waals surface area contributed by atoms with Gasteiger partial charge in [0.25, 0.3) is 5.91 Å². The van der Waals surface area contributed by atoms with E-state index in [1.165, 1.54) is 18.3 Å². The van der Waals surface area contributed by atoms with E-state index in [1.54, 1.807) is 30.3 Å². The molecule has 2 aromatic rings. The molecule has 0 aliphatic carbocycles. The summed E-state index contributed by atoms with van der Waals surface area (Å²) < 4.78 is 13.3. The number of piperidine rings is 1. The van der Waals surface area contributed by atoms with E-state index >= 15 is 0 Å². The van der Waals surface area contributed by atoms with Gasteiger partial charge >= 0.3 is 6.03 Å². The maximum absolute atomic E-state index is 13.3. The van der Waals surface area contributed by atoms with Crippen molar-refractivity contribution in [2.75, 3.05) is 26.2 Å². The van der Waals surface area contributed by atoms with E-state index < -0.39 is 17.5 Å². The Labute approximate surface area is 219 Å². The Hall–Kier alpha value is -3.12. The minimum atomic E-state index is -0.652. The summed E-state index contributed by atoms with van der Waals surface area (Å²) in [5.41, 5.74) is 1.28. The van der Waals surface area contributed by atoms with Gasteiger partial charge in [-0.2, -0.15) is 5.26 Å². The largest absolute Gasteiger partial charge is 0.352 e. The number of amides is 3. The first-order valence-electron chi connectivity index (χ1n) is 11.7. The number of carbonyl (C=O) groups excluding carboxylic acids is 2. The predicted molar refractivity (Wildman–Crippen MR) is 136 cm³/mol. The second-order valence-corrected chi connectivity index (χ2v) is 9.79. The molecule has 1 atom stereocenters. The van der Waals surface area contributed by atoms with Gasteiger partial charge in [-0.15, -0.1) is 0 Å². The van der Waals surface area contributed by atoms with Crippen molar-refractivity contribution in [2.24, 2.45) is 0 Å². The molecule has 7 nitrogen and oxygen atoms in total. The third kappa shape index (κ3) is 5.81. The number of nitrogens with one attached hydrogen (secondary N) is 3. The highest BCUT2D eigenvalue weighted by Crippen LogP contribution is 2.35. The molecule has 3 N–H and O–H groups in total. The van der Waals surface area contributed by atoms with Crippen LogP contribution in [0.5, 0.6) is 0 Å². The summed E-state index contributed by atoms with van der Waals surface area (Å²) in [5, 5.41) is 18.7. The summed E-state index contributed by atoms with van der Waals surface area (Å²) in [6.07, 6.45) is 3.48. The van der Waals surface area contributed by atoms with Crippen molar-refractivity contribution < 1.29 is 14.0 Å². The van der Waals surface area contributed by atoms with Crippen LogP contribution in [0.3, 0.4) is 0 Å². The van der Waals surface area contributed by atoms with Crippen LogP contribution in [-0.4, -0.2) is 43.0 Å². The molecule has 2 heterocycles. The minimum Gasteiger partial charge on any atom is -0.352 e. The van der Waals surface area contributed by atoms with Gasteiger partial charge in [0.05, 0.1) is 33.1 Å². The van der Waals surface area contributed by atoms with E-state index in [9.17, 15) is 19.2 Å². The Morgan fingerprint density at radius 1 is 1.17 bits per heavy atom. The Kier molecular flexibility index (Phi) is 8.14. The summed E-state index contributed by atoms with van der Waals surface area (Å²) in [4.78, 5) is 27.0. The number of nitriles is 1. The zero-order valence-electron chi connectivity index (χ0n) is 19.5. The van der Waals surface area contributed by atoms with E-state index in [0.29, 0.717) is 40.6 Å². The third-order valence-corrected chi connectivity index (χ3v) is 7.48. The molecule has 2 aromatic carbocycles. The number of rotatable bonds is 7. The molecule has 2 aliphatic rings. The van der Waals surface area contributed by atoms with E-state index in [1.807, 2.05) is 0 Å². The van der Waals surface area contributed by atoms with Gasteiger partial charge in [0.15, 0.2) is 0 Å². The number of urea groups is 1. The molecule has 36 heavy (non-hydrogen) atoms. The fraction of sp³-hybridized carbons (Fsp3) is 0.346. The average Bonchev–Trinajstić information content (AvgIpc) is 2.89. The average molecular weight is 530 g/mol. The molecule has 0 radical (unpaired) electrons. The van der Waals surface area contributed by atoms with Crippen molar-refractivity contribution in [1.29, 1.82) is 5.26 Å². The monoisotopic (exact) mass is 529 g/mol. The molecule has 0 unspecified atom stereocenters. The van der Waals surface area contributed by atoms with Crippen LogP contribution in [0.15, 0.2) is 54.2 Å². The maximum atomic E-state index is 13.3. The number of benzene rings is 2. The van der Waals surface area contributed by atoms with E-state index in [2.05, 4.69) is 26.9 Å². The standard InChI is InChI=1S/C26H26Cl2FN5O2/c27-21-7-2-17(14-22(21)28)23-20(15-32-25(36)33-23)24(35)31-10-1-11-34-12-8-26(16-30,9-13-34)18-3-5-19(29)6-4-18/h2-7,14-15,23H,1,8-13H2,(H,31,35)(H2,32,33,36)/t23-/m1/s1. The van der Waals surface area contributed by atoms with Gasteiger partial charge in [0.2, 0.25) is 0 Å². The molecule has 0 saturated carbocycles. The van der Waals surface area contributed by atoms with Crippen molar-refractivity contribution in [3.63, 3.8) is 0 Å². The smallest absolute Gasteiger partial charge is 0.319 e. The van der Waals surface area contributed by atoms with Gasteiger partial charge in [-0.25, -0.2) is 9.18 Å². The van der Waals surface area contributed by atoms with Crippen LogP contribution >= 0.6 is 23.2 Å². The number of halogens is 3. The quantitative estimate of drug-likeness (QED) is 0.462. The lowest BCUT2D eigenvalue weighted by Crippen LogP contribution is -2.45. The van der Waals surface area contributed by atoms with Crippen LogP contribution in [0.25, 0.3) is 0 Å². The summed E-state index contributed by atoms with van der Waals surface area (Å²) in [5.74, 6) is -0.603. The third-order valence-electron chi connectivity index (χ3n) is 6.74. The van der Waals surface area contributed by atoms with E-state index in [0.717, 1.165) is 31.6 Å². The van der Waals surface area contributed by atoms with Crippen LogP contribution in [0.1, 0.15) is 36.4 Å². The lowest BCUT2D eigenvalue weighted by Gasteiger charge is -2.37. The normalized spacial score (nSPS) is 19.4. The van der Waals surface area contributed by atoms with Crippen LogP contribution < -0.4 is 16.0 Å². The molecule has 188 valence electrons. The van der Waals surface area contributed by atoms with Crippen molar-refractivity contribution in [1.82, 2.24) is 20.9 Å². The molecule has 0 spiro atoms. The molecule has 2 aliphatic heterocycles. The maximum Gasteiger partial charge on any atom is 0.319 e. The zero-order valence-corrected chi connectivity index (χ0v) is 21.0. The second kappa shape index (κ2) is 11.3. The molecule has 1 fully saturated rings. The zero-order chi connectivity index (χ0) is 25.7. The molecule has 1 saturated heterocycles. The Morgan fingerprint density at radius 2 is 1.89 bits per heavy atom. The summed E-state index contributed by atoms with van der Waals surface area (Å²) >= 11 is 12.1. The summed E-state index contributed by atoms with van der Waals surface area (Å²) in [7, 11) is 0. The van der Waals surface area contributed by atoms with Gasteiger partial charge in [-0.3, -0.25) is 4.79 Å². The first-order valence-corrected chi connectivity index (χ1v) is 12.5. The number of likely N-dealkylation sites (tertiary alicyclic amines) is 1. The number of nitrogens with zero attached hydrogens (tertiary/aromatic N) is 2. The van der Waals surface area contributed by atoms with Crippen molar-refractivity contribution in [2.45, 2.75) is 30.7 Å². The summed E-state index contributed by atoms with van der Waals surface area (Å²) in [6, 6.07) is 12.6. The van der Waals surface area contributed by atoms with Crippen LogP contribution in [0.2, 0.25) is 10.0 Å². The fourth-order valence-corrected chi connectivity index (χ4v) is 4.93. The number of hydrogen-bond donors (Lipinski definition) is 3. The number of carbonyl (C=O) groups is 2. The SMILES string of the molecule is N#CC1(c2ccc(F)cc2)CCN(CCCNC(=O)C2=CNC(=O)N[C@@H]2c2ccc(Cl)c(Cl)c2)CC1. The van der Waals surface area contributed by atoms with Crippen LogP contribution in [0.4, 0.5) is 9.18 Å². The Balaban J connectivity index is 1.28. The van der Waals surface area contributed by atoms with Gasteiger partial charge in [0.1, 0.15) is 5.82 Å². The van der Waals surface area contributed by atoms with Crippen LogP contribution in [0, 0.1) is 17.1 Å². The topological polar surface area (TPSA) is 97.3 Å². The van der Waals surface area contributed by atoms with Crippen molar-refractivity contribution >= 4 is 35.1 Å². The van der Waals surface area contributed by atoms with Gasteiger partial charge in [-0.1, -0.05) is 41.4 Å².